The lowest BCUT2D eigenvalue weighted by Crippen LogP contribution is -2.49. The van der Waals surface area contributed by atoms with Gasteiger partial charge in [-0.05, 0) is 30.5 Å². The van der Waals surface area contributed by atoms with Crippen LogP contribution in [-0.2, 0) is 16.0 Å². The quantitative estimate of drug-likeness (QED) is 0.859. The second kappa shape index (κ2) is 7.33. The van der Waals surface area contributed by atoms with E-state index in [-0.39, 0.29) is 12.3 Å². The number of halogens is 4. The van der Waals surface area contributed by atoms with E-state index in [1.165, 1.54) is 0 Å². The van der Waals surface area contributed by atoms with Crippen molar-refractivity contribution in [3.63, 3.8) is 0 Å². The molecule has 126 valence electrons. The number of alkyl halides is 3. The number of nitrogens with zero attached hydrogens (tertiary/aromatic N) is 1. The third-order valence-corrected chi connectivity index (χ3v) is 4.18. The zero-order valence-corrected chi connectivity index (χ0v) is 13.8. The van der Waals surface area contributed by atoms with Crippen LogP contribution in [-0.4, -0.2) is 42.0 Å². The van der Waals surface area contributed by atoms with Gasteiger partial charge < -0.3 is 10.2 Å². The van der Waals surface area contributed by atoms with Crippen LogP contribution in [0.5, 0.6) is 0 Å². The molecule has 0 atom stereocenters. The molecular formula is C15H16BrF3N2O2. The molecule has 0 saturated carbocycles. The lowest BCUT2D eigenvalue weighted by atomic mass is 10.0. The minimum Gasteiger partial charge on any atom is -0.345 e. The summed E-state index contributed by atoms with van der Waals surface area (Å²) in [4.78, 5) is 24.7. The van der Waals surface area contributed by atoms with Crippen molar-refractivity contribution in [2.45, 2.75) is 31.5 Å². The maximum atomic E-state index is 12.2. The number of hydrogen-bond acceptors (Lipinski definition) is 2. The Morgan fingerprint density at radius 3 is 2.48 bits per heavy atom. The molecule has 1 aliphatic rings. The molecule has 0 unspecified atom stereocenters. The van der Waals surface area contributed by atoms with Crippen LogP contribution in [0.25, 0.3) is 0 Å². The highest BCUT2D eigenvalue weighted by Crippen LogP contribution is 2.18. The Hall–Kier alpha value is -1.57. The molecular weight excluding hydrogens is 377 g/mol. The van der Waals surface area contributed by atoms with E-state index in [9.17, 15) is 22.8 Å². The molecule has 1 aromatic carbocycles. The fourth-order valence-electron chi connectivity index (χ4n) is 2.47. The normalized spacial score (nSPS) is 16.3. The molecule has 23 heavy (non-hydrogen) atoms. The molecule has 1 aliphatic heterocycles. The van der Waals surface area contributed by atoms with Gasteiger partial charge in [0.05, 0.1) is 6.42 Å². The first-order valence-electron chi connectivity index (χ1n) is 7.15. The van der Waals surface area contributed by atoms with Crippen molar-refractivity contribution in [3.8, 4) is 0 Å². The number of amides is 2. The first-order chi connectivity index (χ1) is 10.8. The minimum atomic E-state index is -4.87. The molecule has 0 spiro atoms. The molecule has 1 aromatic rings. The van der Waals surface area contributed by atoms with Crippen LogP contribution >= 0.6 is 15.9 Å². The van der Waals surface area contributed by atoms with E-state index in [0.717, 1.165) is 10.0 Å². The van der Waals surface area contributed by atoms with Gasteiger partial charge in [0.25, 0.3) is 0 Å². The van der Waals surface area contributed by atoms with Crippen molar-refractivity contribution in [3.05, 3.63) is 34.3 Å². The molecule has 2 amide bonds. The fourth-order valence-corrected chi connectivity index (χ4v) is 2.92. The van der Waals surface area contributed by atoms with Gasteiger partial charge in [-0.25, -0.2) is 0 Å². The van der Waals surface area contributed by atoms with E-state index in [1.54, 1.807) is 4.90 Å². The van der Waals surface area contributed by atoms with Crippen molar-refractivity contribution < 1.29 is 22.8 Å². The molecule has 8 heteroatoms. The number of nitrogens with one attached hydrogen (secondary N) is 1. The van der Waals surface area contributed by atoms with Gasteiger partial charge in [-0.2, -0.15) is 13.2 Å². The van der Waals surface area contributed by atoms with E-state index < -0.39 is 18.1 Å². The van der Waals surface area contributed by atoms with E-state index in [4.69, 9.17) is 0 Å². The highest BCUT2D eigenvalue weighted by molar-refractivity contribution is 9.10. The van der Waals surface area contributed by atoms with Gasteiger partial charge in [0.1, 0.15) is 0 Å². The summed E-state index contributed by atoms with van der Waals surface area (Å²) in [5.74, 6) is -1.99. The number of benzene rings is 1. The van der Waals surface area contributed by atoms with Gasteiger partial charge in [0, 0.05) is 23.6 Å². The van der Waals surface area contributed by atoms with Crippen LogP contribution in [0, 0.1) is 0 Å². The monoisotopic (exact) mass is 392 g/mol. The first kappa shape index (κ1) is 17.8. The Kier molecular flexibility index (Phi) is 5.67. The van der Waals surface area contributed by atoms with Crippen molar-refractivity contribution in [2.24, 2.45) is 0 Å². The highest BCUT2D eigenvalue weighted by Gasteiger charge is 2.40. The summed E-state index contributed by atoms with van der Waals surface area (Å²) in [5, 5.41) is 1.97. The maximum Gasteiger partial charge on any atom is 0.471 e. The molecule has 1 heterocycles. The molecule has 1 N–H and O–H groups in total. The summed E-state index contributed by atoms with van der Waals surface area (Å²) < 4.78 is 37.5. The first-order valence-corrected chi connectivity index (χ1v) is 7.95. The van der Waals surface area contributed by atoms with Gasteiger partial charge in [0.2, 0.25) is 5.91 Å². The standard InChI is InChI=1S/C15H16BrF3N2O2/c16-11-3-1-2-10(8-11)9-13(22)21-6-4-12(5-7-21)20-14(23)15(17,18)19/h1-3,8,12H,4-7,9H2,(H,20,23). The fraction of sp³-hybridized carbons (Fsp3) is 0.467. The number of carbonyl (C=O) groups excluding carboxylic acids is 2. The topological polar surface area (TPSA) is 49.4 Å². The minimum absolute atomic E-state index is 0.0660. The summed E-state index contributed by atoms with van der Waals surface area (Å²) in [6, 6.07) is 6.86. The van der Waals surface area contributed by atoms with E-state index >= 15 is 0 Å². The average molecular weight is 393 g/mol. The number of carbonyl (C=O) groups is 2. The number of piperidine rings is 1. The van der Waals surface area contributed by atoms with Crippen LogP contribution < -0.4 is 5.32 Å². The largest absolute Gasteiger partial charge is 0.471 e. The molecule has 4 nitrogen and oxygen atoms in total. The second-order valence-electron chi connectivity index (χ2n) is 5.43. The third-order valence-electron chi connectivity index (χ3n) is 3.68. The van der Waals surface area contributed by atoms with Crippen LogP contribution in [0.3, 0.4) is 0 Å². The Morgan fingerprint density at radius 2 is 1.91 bits per heavy atom. The number of rotatable bonds is 3. The zero-order chi connectivity index (χ0) is 17.0. The Balaban J connectivity index is 1.82. The highest BCUT2D eigenvalue weighted by atomic mass is 79.9. The van der Waals surface area contributed by atoms with Crippen molar-refractivity contribution >= 4 is 27.7 Å². The Bertz CT molecular complexity index is 584. The molecule has 0 aliphatic carbocycles. The predicted octanol–water partition coefficient (Wildman–Crippen LogP) is 2.66. The summed E-state index contributed by atoms with van der Waals surface area (Å²) >= 11 is 3.34. The smallest absolute Gasteiger partial charge is 0.345 e. The summed E-state index contributed by atoms with van der Waals surface area (Å²) in [7, 11) is 0. The Morgan fingerprint density at radius 1 is 1.26 bits per heavy atom. The number of likely N-dealkylation sites (tertiary alicyclic amines) is 1. The summed E-state index contributed by atoms with van der Waals surface area (Å²) in [6.45, 7) is 0.686. The molecule has 2 rings (SSSR count). The predicted molar refractivity (Wildman–Crippen MR) is 81.6 cm³/mol. The van der Waals surface area contributed by atoms with Crippen LogP contribution in [0.4, 0.5) is 13.2 Å². The molecule has 0 bridgehead atoms. The van der Waals surface area contributed by atoms with Crippen molar-refractivity contribution in [1.82, 2.24) is 10.2 Å². The van der Waals surface area contributed by atoms with E-state index in [2.05, 4.69) is 15.9 Å². The zero-order valence-electron chi connectivity index (χ0n) is 12.2. The SMILES string of the molecule is O=C(Cc1cccc(Br)c1)N1CCC(NC(=O)C(F)(F)F)CC1. The van der Waals surface area contributed by atoms with Gasteiger partial charge in [-0.15, -0.1) is 0 Å². The third kappa shape index (κ3) is 5.23. The molecule has 1 saturated heterocycles. The van der Waals surface area contributed by atoms with Crippen LogP contribution in [0.2, 0.25) is 0 Å². The maximum absolute atomic E-state index is 12.2. The average Bonchev–Trinajstić information content (AvgIpc) is 2.47. The van der Waals surface area contributed by atoms with Gasteiger partial charge in [0.15, 0.2) is 0 Å². The van der Waals surface area contributed by atoms with E-state index in [1.807, 2.05) is 29.6 Å². The summed E-state index contributed by atoms with van der Waals surface area (Å²) in [5.41, 5.74) is 0.872. The van der Waals surface area contributed by atoms with Crippen molar-refractivity contribution in [2.75, 3.05) is 13.1 Å². The van der Waals surface area contributed by atoms with E-state index in [0.29, 0.717) is 25.9 Å². The number of hydrogen-bond donors (Lipinski definition) is 1. The lowest BCUT2D eigenvalue weighted by molar-refractivity contribution is -0.174. The van der Waals surface area contributed by atoms with Gasteiger partial charge >= 0.3 is 12.1 Å². The van der Waals surface area contributed by atoms with Gasteiger partial charge in [-0.1, -0.05) is 28.1 Å². The van der Waals surface area contributed by atoms with Crippen LogP contribution in [0.1, 0.15) is 18.4 Å². The molecule has 1 fully saturated rings. The second-order valence-corrected chi connectivity index (χ2v) is 6.35. The van der Waals surface area contributed by atoms with Gasteiger partial charge in [-0.3, -0.25) is 9.59 Å². The van der Waals surface area contributed by atoms with Crippen LogP contribution in [0.15, 0.2) is 28.7 Å². The lowest BCUT2D eigenvalue weighted by Gasteiger charge is -2.32. The molecule has 0 aromatic heterocycles. The molecule has 0 radical (unpaired) electrons. The Labute approximate surface area is 140 Å². The van der Waals surface area contributed by atoms with Crippen molar-refractivity contribution in [1.29, 1.82) is 0 Å². The summed E-state index contributed by atoms with van der Waals surface area (Å²) in [6.07, 6.45) is -3.97.